The van der Waals surface area contributed by atoms with Gasteiger partial charge in [-0.2, -0.15) is 0 Å². The first-order chi connectivity index (χ1) is 6.13. The summed E-state index contributed by atoms with van der Waals surface area (Å²) in [5.74, 6) is 0.267. The summed E-state index contributed by atoms with van der Waals surface area (Å²) >= 11 is 5.21. The number of rotatable bonds is 2. The van der Waals surface area contributed by atoms with Gasteiger partial charge in [0.2, 0.25) is 0 Å². The summed E-state index contributed by atoms with van der Waals surface area (Å²) in [5.41, 5.74) is 1.25. The highest BCUT2D eigenvalue weighted by molar-refractivity contribution is 6.17. The van der Waals surface area contributed by atoms with Crippen LogP contribution in [0.5, 0.6) is 0 Å². The van der Waals surface area contributed by atoms with Crippen molar-refractivity contribution in [2.24, 2.45) is 5.92 Å². The fourth-order valence-electron chi connectivity index (χ4n) is 1.48. The first-order valence-electron chi connectivity index (χ1n) is 4.20. The highest BCUT2D eigenvalue weighted by atomic mass is 35.5. The predicted octanol–water partition coefficient (Wildman–Crippen LogP) is 2.69. The molecule has 13 heavy (non-hydrogen) atoms. The normalized spacial score (nSPS) is 26.8. The van der Waals surface area contributed by atoms with Crippen molar-refractivity contribution < 1.29 is 14.3 Å². The fraction of sp³-hybridized carbons (Fsp3) is 0.667. The molecule has 0 aromatic carbocycles. The molecule has 0 fully saturated rings. The summed E-state index contributed by atoms with van der Waals surface area (Å²) in [7, 11) is 0. The van der Waals surface area contributed by atoms with Gasteiger partial charge in [0.1, 0.15) is 6.10 Å². The first-order valence-corrected chi connectivity index (χ1v) is 4.73. The molecule has 0 amide bonds. The number of alkyl halides is 1. The molecule has 0 heterocycles. The van der Waals surface area contributed by atoms with Crippen LogP contribution in [0.2, 0.25) is 0 Å². The van der Waals surface area contributed by atoms with Crippen LogP contribution in [0.4, 0.5) is 4.79 Å². The Kier molecular flexibility index (Phi) is 3.60. The number of carbonyl (C=O) groups is 1. The second kappa shape index (κ2) is 4.51. The molecule has 0 aliphatic heterocycles. The maximum absolute atomic E-state index is 10.9. The summed E-state index contributed by atoms with van der Waals surface area (Å²) in [6.45, 7) is 4.03. The fourth-order valence-corrected chi connectivity index (χ4v) is 1.57. The van der Waals surface area contributed by atoms with Gasteiger partial charge in [-0.05, 0) is 6.92 Å². The van der Waals surface area contributed by atoms with E-state index in [1.54, 1.807) is 0 Å². The predicted molar refractivity (Wildman–Crippen MR) is 49.6 cm³/mol. The van der Waals surface area contributed by atoms with Gasteiger partial charge in [0.25, 0.3) is 0 Å². The summed E-state index contributed by atoms with van der Waals surface area (Å²) in [6, 6.07) is -0.160. The van der Waals surface area contributed by atoms with Crippen LogP contribution in [0.25, 0.3) is 0 Å². The highest BCUT2D eigenvalue weighted by Crippen LogP contribution is 2.26. The van der Waals surface area contributed by atoms with Crippen LogP contribution in [-0.4, -0.2) is 18.3 Å². The van der Waals surface area contributed by atoms with E-state index in [9.17, 15) is 4.79 Å². The van der Waals surface area contributed by atoms with Crippen molar-refractivity contribution in [1.29, 1.82) is 0 Å². The number of ether oxygens (including phenoxy) is 2. The number of hydrogen-bond donors (Lipinski definition) is 0. The van der Waals surface area contributed by atoms with E-state index >= 15 is 0 Å². The van der Waals surface area contributed by atoms with Gasteiger partial charge in [-0.1, -0.05) is 30.2 Å². The van der Waals surface area contributed by atoms with Gasteiger partial charge < -0.3 is 9.47 Å². The Balaban J connectivity index is 2.35. The van der Waals surface area contributed by atoms with E-state index in [1.807, 2.05) is 13.8 Å². The van der Waals surface area contributed by atoms with Crippen molar-refractivity contribution in [1.82, 2.24) is 0 Å². The molecule has 1 rings (SSSR count). The molecule has 0 saturated carbocycles. The Morgan fingerprint density at radius 1 is 1.77 bits per heavy atom. The Bertz CT molecular complexity index is 225. The smallest absolute Gasteiger partial charge is 0.430 e. The maximum atomic E-state index is 10.9. The zero-order chi connectivity index (χ0) is 9.84. The van der Waals surface area contributed by atoms with Crippen LogP contribution in [-0.2, 0) is 9.47 Å². The molecule has 1 aliphatic carbocycles. The molecule has 3 nitrogen and oxygen atoms in total. The van der Waals surface area contributed by atoms with Crippen LogP contribution < -0.4 is 0 Å². The van der Waals surface area contributed by atoms with Crippen LogP contribution in [0.1, 0.15) is 20.3 Å². The third kappa shape index (κ3) is 2.92. The first kappa shape index (κ1) is 10.4. The van der Waals surface area contributed by atoms with Gasteiger partial charge in [0, 0.05) is 12.3 Å². The van der Waals surface area contributed by atoms with Gasteiger partial charge in [0.15, 0.2) is 6.07 Å². The average Bonchev–Trinajstić information content (AvgIpc) is 2.30. The van der Waals surface area contributed by atoms with E-state index in [2.05, 4.69) is 10.8 Å². The minimum Gasteiger partial charge on any atom is -0.430 e. The number of carbonyl (C=O) groups excluding carboxylic acids is 1. The largest absolute Gasteiger partial charge is 0.509 e. The van der Waals surface area contributed by atoms with Gasteiger partial charge in [0.05, 0.1) is 0 Å². The van der Waals surface area contributed by atoms with E-state index < -0.39 is 6.16 Å². The van der Waals surface area contributed by atoms with Gasteiger partial charge in [-0.15, -0.1) is 0 Å². The lowest BCUT2D eigenvalue weighted by atomic mass is 10.1. The van der Waals surface area contributed by atoms with E-state index in [0.29, 0.717) is 0 Å². The minimum absolute atomic E-state index is 0.0873. The molecule has 0 aromatic heterocycles. The zero-order valence-corrected chi connectivity index (χ0v) is 8.50. The standard InChI is InChI=1S/C9H13ClO3/c1-6-3-7(2)8(4-6)13-9(11)12-5-10/h3,7-8H,4-5H2,1-2H3/t7-,8+/m1/s1. The van der Waals surface area contributed by atoms with Crippen LogP contribution in [0, 0.1) is 5.92 Å². The molecule has 1 aliphatic rings. The van der Waals surface area contributed by atoms with Gasteiger partial charge >= 0.3 is 6.16 Å². The van der Waals surface area contributed by atoms with Gasteiger partial charge in [-0.25, -0.2) is 4.79 Å². The van der Waals surface area contributed by atoms with Crippen molar-refractivity contribution in [2.45, 2.75) is 26.4 Å². The molecular weight excluding hydrogens is 192 g/mol. The Labute approximate surface area is 82.7 Å². The molecule has 0 radical (unpaired) electrons. The van der Waals surface area contributed by atoms with Gasteiger partial charge in [-0.3, -0.25) is 0 Å². The molecule has 0 aromatic rings. The lowest BCUT2D eigenvalue weighted by molar-refractivity contribution is 0.0246. The molecule has 4 heteroatoms. The molecule has 0 bridgehead atoms. The lowest BCUT2D eigenvalue weighted by Gasteiger charge is -2.15. The molecule has 0 spiro atoms. The average molecular weight is 205 g/mol. The molecule has 0 unspecified atom stereocenters. The van der Waals surface area contributed by atoms with Crippen molar-refractivity contribution >= 4 is 17.8 Å². The van der Waals surface area contributed by atoms with E-state index in [1.165, 1.54) is 5.57 Å². The Morgan fingerprint density at radius 2 is 2.46 bits per heavy atom. The topological polar surface area (TPSA) is 35.5 Å². The summed E-state index contributed by atoms with van der Waals surface area (Å²) in [6.07, 6.45) is 2.11. The molecule has 0 N–H and O–H groups in total. The van der Waals surface area contributed by atoms with Crippen molar-refractivity contribution in [3.63, 3.8) is 0 Å². The Morgan fingerprint density at radius 3 is 2.92 bits per heavy atom. The van der Waals surface area contributed by atoms with E-state index in [4.69, 9.17) is 16.3 Å². The van der Waals surface area contributed by atoms with E-state index in [0.717, 1.165) is 6.42 Å². The number of halogens is 1. The van der Waals surface area contributed by atoms with Crippen molar-refractivity contribution in [3.8, 4) is 0 Å². The van der Waals surface area contributed by atoms with Crippen LogP contribution in [0.15, 0.2) is 11.6 Å². The summed E-state index contributed by atoms with van der Waals surface area (Å²) in [5, 5.41) is 0. The molecule has 2 atom stereocenters. The second-order valence-electron chi connectivity index (χ2n) is 3.24. The quantitative estimate of drug-likeness (QED) is 0.394. The lowest BCUT2D eigenvalue weighted by Crippen LogP contribution is -2.21. The monoisotopic (exact) mass is 204 g/mol. The summed E-state index contributed by atoms with van der Waals surface area (Å²) < 4.78 is 9.51. The second-order valence-corrected chi connectivity index (χ2v) is 3.45. The van der Waals surface area contributed by atoms with E-state index in [-0.39, 0.29) is 18.1 Å². The zero-order valence-electron chi connectivity index (χ0n) is 7.75. The van der Waals surface area contributed by atoms with Crippen molar-refractivity contribution in [3.05, 3.63) is 11.6 Å². The Hall–Kier alpha value is -0.700. The molecule has 74 valence electrons. The third-order valence-corrected chi connectivity index (χ3v) is 2.19. The minimum atomic E-state index is -0.685. The summed E-state index contributed by atoms with van der Waals surface area (Å²) in [4.78, 5) is 10.9. The SMILES string of the molecule is CC1=C[C@@H](C)[C@@H](OC(=O)OCCl)C1. The van der Waals surface area contributed by atoms with Crippen molar-refractivity contribution in [2.75, 3.05) is 6.07 Å². The number of hydrogen-bond acceptors (Lipinski definition) is 3. The highest BCUT2D eigenvalue weighted by Gasteiger charge is 2.26. The van der Waals surface area contributed by atoms with Crippen LogP contribution in [0.3, 0.4) is 0 Å². The molecular formula is C9H13ClO3. The molecule has 0 saturated heterocycles. The third-order valence-electron chi connectivity index (χ3n) is 2.08. The maximum Gasteiger partial charge on any atom is 0.509 e. The van der Waals surface area contributed by atoms with Crippen LogP contribution >= 0.6 is 11.6 Å².